The molecule has 0 radical (unpaired) electrons. The average Bonchev–Trinajstić information content (AvgIpc) is 2.05. The molecule has 0 saturated carbocycles. The lowest BCUT2D eigenvalue weighted by Crippen LogP contribution is -1.90. The lowest BCUT2D eigenvalue weighted by atomic mass is 10.0. The number of hydrogen-bond acceptors (Lipinski definition) is 1. The van der Waals surface area contributed by atoms with Gasteiger partial charge in [-0.3, -0.25) is 0 Å². The molecule has 0 aliphatic carbocycles. The summed E-state index contributed by atoms with van der Waals surface area (Å²) in [5.41, 5.74) is 4.37. The van der Waals surface area contributed by atoms with Crippen molar-refractivity contribution in [3.63, 3.8) is 0 Å². The third-order valence-corrected chi connectivity index (χ3v) is 2.64. The molecule has 0 aliphatic heterocycles. The molecule has 0 spiro atoms. The van der Waals surface area contributed by atoms with Crippen molar-refractivity contribution in [3.05, 3.63) is 34.9 Å². The Bertz CT molecular complexity index is 253. The van der Waals surface area contributed by atoms with Gasteiger partial charge in [0.1, 0.15) is 0 Å². The van der Waals surface area contributed by atoms with Gasteiger partial charge in [0.25, 0.3) is 0 Å². The van der Waals surface area contributed by atoms with Gasteiger partial charge in [-0.25, -0.2) is 0 Å². The summed E-state index contributed by atoms with van der Waals surface area (Å²) in [6.45, 7) is 4.37. The zero-order valence-corrected chi connectivity index (χ0v) is 8.87. The first-order chi connectivity index (χ1) is 5.77. The van der Waals surface area contributed by atoms with Crippen molar-refractivity contribution < 1.29 is 0 Å². The van der Waals surface area contributed by atoms with Crippen molar-refractivity contribution in [2.75, 3.05) is 6.26 Å². The van der Waals surface area contributed by atoms with Gasteiger partial charge >= 0.3 is 0 Å². The van der Waals surface area contributed by atoms with Gasteiger partial charge in [0.15, 0.2) is 0 Å². The Labute approximate surface area is 79.4 Å². The quantitative estimate of drug-likeness (QED) is 0.687. The summed E-state index contributed by atoms with van der Waals surface area (Å²) in [5, 5.41) is 0. The SMILES string of the molecule is CCc1ccc(C)cc1CSC. The summed E-state index contributed by atoms with van der Waals surface area (Å²) in [5.74, 6) is 1.14. The molecule has 0 unspecified atom stereocenters. The van der Waals surface area contributed by atoms with Crippen LogP contribution in [0.1, 0.15) is 23.6 Å². The molecule has 0 aliphatic rings. The fourth-order valence-electron chi connectivity index (χ4n) is 1.39. The molecule has 1 heteroatoms. The zero-order chi connectivity index (χ0) is 8.97. The van der Waals surface area contributed by atoms with Crippen molar-refractivity contribution >= 4 is 11.8 Å². The first-order valence-corrected chi connectivity index (χ1v) is 5.74. The lowest BCUT2D eigenvalue weighted by molar-refractivity contribution is 1.10. The molecule has 0 N–H and O–H groups in total. The highest BCUT2D eigenvalue weighted by Gasteiger charge is 1.99. The molecular formula is C11H16S. The van der Waals surface area contributed by atoms with Crippen LogP contribution in [0.5, 0.6) is 0 Å². The van der Waals surface area contributed by atoms with E-state index in [0.717, 1.165) is 12.2 Å². The highest BCUT2D eigenvalue weighted by Crippen LogP contribution is 2.17. The van der Waals surface area contributed by atoms with E-state index in [1.54, 1.807) is 0 Å². The highest BCUT2D eigenvalue weighted by molar-refractivity contribution is 7.97. The van der Waals surface area contributed by atoms with E-state index in [1.165, 1.54) is 16.7 Å². The molecule has 0 nitrogen and oxygen atoms in total. The largest absolute Gasteiger partial charge is 0.161 e. The van der Waals surface area contributed by atoms with Crippen LogP contribution >= 0.6 is 11.8 Å². The maximum Gasteiger partial charge on any atom is 0.0184 e. The van der Waals surface area contributed by atoms with Crippen LogP contribution in [0.2, 0.25) is 0 Å². The fourth-order valence-corrected chi connectivity index (χ4v) is 1.97. The van der Waals surface area contributed by atoms with Crippen molar-refractivity contribution in [1.29, 1.82) is 0 Å². The minimum Gasteiger partial charge on any atom is -0.161 e. The molecule has 12 heavy (non-hydrogen) atoms. The molecule has 1 aromatic rings. The Morgan fingerprint density at radius 2 is 2.00 bits per heavy atom. The maximum absolute atomic E-state index is 2.30. The molecule has 0 fully saturated rings. The van der Waals surface area contributed by atoms with E-state index in [-0.39, 0.29) is 0 Å². The Hall–Kier alpha value is -0.430. The zero-order valence-electron chi connectivity index (χ0n) is 8.05. The van der Waals surface area contributed by atoms with Gasteiger partial charge in [0.2, 0.25) is 0 Å². The summed E-state index contributed by atoms with van der Waals surface area (Å²) in [7, 11) is 0. The number of thioether (sulfide) groups is 1. The predicted molar refractivity (Wildman–Crippen MR) is 57.8 cm³/mol. The molecule has 0 heterocycles. The third-order valence-electron chi connectivity index (χ3n) is 2.04. The predicted octanol–water partition coefficient (Wildman–Crippen LogP) is 3.42. The third kappa shape index (κ3) is 2.28. The molecule has 0 bridgehead atoms. The molecular weight excluding hydrogens is 164 g/mol. The van der Waals surface area contributed by atoms with E-state index in [4.69, 9.17) is 0 Å². The second kappa shape index (κ2) is 4.56. The van der Waals surface area contributed by atoms with Crippen LogP contribution in [-0.2, 0) is 12.2 Å². The van der Waals surface area contributed by atoms with E-state index in [2.05, 4.69) is 38.3 Å². The van der Waals surface area contributed by atoms with Crippen LogP contribution in [0, 0.1) is 6.92 Å². The van der Waals surface area contributed by atoms with Gasteiger partial charge in [-0.05, 0) is 30.7 Å². The van der Waals surface area contributed by atoms with Crippen molar-refractivity contribution in [1.82, 2.24) is 0 Å². The Morgan fingerprint density at radius 1 is 1.25 bits per heavy atom. The molecule has 0 amide bonds. The molecule has 1 aromatic carbocycles. The van der Waals surface area contributed by atoms with Crippen LogP contribution in [-0.4, -0.2) is 6.26 Å². The van der Waals surface area contributed by atoms with E-state index in [9.17, 15) is 0 Å². The second-order valence-corrected chi connectivity index (χ2v) is 3.92. The van der Waals surface area contributed by atoms with Gasteiger partial charge in [0, 0.05) is 5.75 Å². The summed E-state index contributed by atoms with van der Waals surface area (Å²) < 4.78 is 0. The average molecular weight is 180 g/mol. The van der Waals surface area contributed by atoms with Gasteiger partial charge in [0.05, 0.1) is 0 Å². The van der Waals surface area contributed by atoms with Crippen LogP contribution < -0.4 is 0 Å². The van der Waals surface area contributed by atoms with Gasteiger partial charge in [-0.15, -0.1) is 0 Å². The first kappa shape index (κ1) is 9.66. The lowest BCUT2D eigenvalue weighted by Gasteiger charge is -2.06. The van der Waals surface area contributed by atoms with Gasteiger partial charge in [-0.2, -0.15) is 11.8 Å². The smallest absolute Gasteiger partial charge is 0.0184 e. The minimum atomic E-state index is 1.14. The van der Waals surface area contributed by atoms with E-state index < -0.39 is 0 Å². The number of hydrogen-bond donors (Lipinski definition) is 0. The fraction of sp³-hybridized carbons (Fsp3) is 0.455. The van der Waals surface area contributed by atoms with Crippen molar-refractivity contribution in [2.45, 2.75) is 26.0 Å². The first-order valence-electron chi connectivity index (χ1n) is 4.35. The second-order valence-electron chi connectivity index (χ2n) is 3.06. The Kier molecular flexibility index (Phi) is 3.67. The Morgan fingerprint density at radius 3 is 2.58 bits per heavy atom. The molecule has 66 valence electrons. The summed E-state index contributed by atoms with van der Waals surface area (Å²) in [6.07, 6.45) is 3.30. The highest BCUT2D eigenvalue weighted by atomic mass is 32.2. The molecule has 0 atom stereocenters. The molecule has 1 rings (SSSR count). The van der Waals surface area contributed by atoms with Gasteiger partial charge in [-0.1, -0.05) is 30.7 Å². The molecule has 0 saturated heterocycles. The van der Waals surface area contributed by atoms with Gasteiger partial charge < -0.3 is 0 Å². The van der Waals surface area contributed by atoms with Crippen LogP contribution in [0.3, 0.4) is 0 Å². The van der Waals surface area contributed by atoms with Crippen molar-refractivity contribution in [2.24, 2.45) is 0 Å². The van der Waals surface area contributed by atoms with Crippen LogP contribution in [0.15, 0.2) is 18.2 Å². The van der Waals surface area contributed by atoms with E-state index in [1.807, 2.05) is 11.8 Å². The van der Waals surface area contributed by atoms with E-state index in [0.29, 0.717) is 0 Å². The molecule has 0 aromatic heterocycles. The number of rotatable bonds is 3. The van der Waals surface area contributed by atoms with E-state index >= 15 is 0 Å². The van der Waals surface area contributed by atoms with Crippen LogP contribution in [0.25, 0.3) is 0 Å². The summed E-state index contributed by atoms with van der Waals surface area (Å²) in [6, 6.07) is 6.75. The number of benzene rings is 1. The topological polar surface area (TPSA) is 0 Å². The maximum atomic E-state index is 2.30. The Balaban J connectivity index is 2.95. The van der Waals surface area contributed by atoms with Crippen molar-refractivity contribution in [3.8, 4) is 0 Å². The minimum absolute atomic E-state index is 1.14. The normalized spacial score (nSPS) is 10.2. The number of aryl methyl sites for hydroxylation is 2. The summed E-state index contributed by atoms with van der Waals surface area (Å²) >= 11 is 1.89. The monoisotopic (exact) mass is 180 g/mol. The van der Waals surface area contributed by atoms with Crippen LogP contribution in [0.4, 0.5) is 0 Å². The standard InChI is InChI=1S/C11H16S/c1-4-10-6-5-9(2)7-11(10)8-12-3/h5-7H,4,8H2,1-3H3. The summed E-state index contributed by atoms with van der Waals surface area (Å²) in [4.78, 5) is 0.